The number of rotatable bonds is 1. The SMILES string of the molecule is O=[N+]([O-])c1c([O-])c2c(no[n+]2[O-])c2c1no[n+]2[O-].[Na+]. The van der Waals surface area contributed by atoms with Crippen LogP contribution >= 0.6 is 0 Å². The maximum Gasteiger partial charge on any atom is 1.00 e. The molecule has 0 aliphatic heterocycles. The first-order chi connectivity index (χ1) is 8.52. The fourth-order valence-electron chi connectivity index (χ4n) is 1.59. The summed E-state index contributed by atoms with van der Waals surface area (Å²) in [5, 5.41) is 51.2. The molecule has 12 nitrogen and oxygen atoms in total. The van der Waals surface area contributed by atoms with E-state index < -0.39 is 38.4 Å². The maximum atomic E-state index is 11.7. The second kappa shape index (κ2) is 4.18. The Bertz CT molecular complexity index is 809. The van der Waals surface area contributed by atoms with Gasteiger partial charge in [0.05, 0.1) is 15.2 Å². The summed E-state index contributed by atoms with van der Waals surface area (Å²) in [6.07, 6.45) is 0. The number of fused-ring (bicyclic) bond motifs is 3. The molecular formula is C6N5NaO7. The molecule has 0 spiro atoms. The predicted octanol–water partition coefficient (Wildman–Crippen LogP) is -4.78. The molecule has 92 valence electrons. The largest absolute Gasteiger partial charge is 1.00 e. The molecular weight excluding hydrogens is 277 g/mol. The van der Waals surface area contributed by atoms with E-state index in [1.165, 1.54) is 0 Å². The molecule has 1 aromatic carbocycles. The van der Waals surface area contributed by atoms with E-state index in [2.05, 4.69) is 19.6 Å². The molecule has 0 radical (unpaired) electrons. The van der Waals surface area contributed by atoms with Gasteiger partial charge in [0.1, 0.15) is 0 Å². The molecule has 2 aromatic heterocycles. The third-order valence-electron chi connectivity index (χ3n) is 2.29. The summed E-state index contributed by atoms with van der Waals surface area (Å²) in [4.78, 5) is 9.18. The van der Waals surface area contributed by atoms with E-state index >= 15 is 0 Å². The van der Waals surface area contributed by atoms with Gasteiger partial charge >= 0.3 is 46.3 Å². The van der Waals surface area contributed by atoms with E-state index in [0.29, 0.717) is 0 Å². The molecule has 0 aliphatic rings. The Balaban J connectivity index is 0.00000133. The van der Waals surface area contributed by atoms with Gasteiger partial charge in [0, 0.05) is 5.75 Å². The van der Waals surface area contributed by atoms with Gasteiger partial charge in [-0.15, -0.1) is 0 Å². The van der Waals surface area contributed by atoms with Gasteiger partial charge in [-0.05, 0) is 9.81 Å². The quantitative estimate of drug-likeness (QED) is 0.183. The zero-order valence-electron chi connectivity index (χ0n) is 9.09. The van der Waals surface area contributed by atoms with Crippen molar-refractivity contribution < 1.29 is 58.7 Å². The summed E-state index contributed by atoms with van der Waals surface area (Å²) < 4.78 is 8.28. The van der Waals surface area contributed by atoms with E-state index in [1.54, 1.807) is 0 Å². The average molecular weight is 277 g/mol. The Hall–Kier alpha value is -2.18. The Kier molecular flexibility index (Phi) is 2.92. The van der Waals surface area contributed by atoms with Crippen molar-refractivity contribution in [3.63, 3.8) is 0 Å². The first-order valence-electron chi connectivity index (χ1n) is 4.28. The molecule has 0 saturated heterocycles. The third kappa shape index (κ3) is 1.57. The minimum absolute atomic E-state index is 0. The summed E-state index contributed by atoms with van der Waals surface area (Å²) in [6, 6.07) is 0. The van der Waals surface area contributed by atoms with Gasteiger partial charge < -0.3 is 15.5 Å². The number of nitro benzene ring substituents is 1. The van der Waals surface area contributed by atoms with E-state index in [1.807, 2.05) is 0 Å². The normalized spacial score (nSPS) is 10.7. The predicted molar refractivity (Wildman–Crippen MR) is 45.6 cm³/mol. The van der Waals surface area contributed by atoms with Crippen LogP contribution in [0.1, 0.15) is 0 Å². The van der Waals surface area contributed by atoms with Crippen LogP contribution in [0.3, 0.4) is 0 Å². The third-order valence-corrected chi connectivity index (χ3v) is 2.29. The van der Waals surface area contributed by atoms with E-state index in [0.717, 1.165) is 0 Å². The standard InChI is InChI=1S/C6HN5O7.Na/c12-6-4(9(13)14)1-3(10(15)17-7-1)2-5(6)11(16)18-8-2;/h12H;/q;+1/p-1. The number of hydrogen-bond acceptors (Lipinski definition) is 9. The second-order valence-electron chi connectivity index (χ2n) is 3.19. The van der Waals surface area contributed by atoms with E-state index in [-0.39, 0.29) is 39.4 Å². The van der Waals surface area contributed by atoms with Gasteiger partial charge in [0.25, 0.3) is 5.52 Å². The smallest absolute Gasteiger partial charge is 0.865 e. The first-order valence-corrected chi connectivity index (χ1v) is 4.28. The summed E-state index contributed by atoms with van der Waals surface area (Å²) >= 11 is 0. The molecule has 0 aliphatic carbocycles. The monoisotopic (exact) mass is 277 g/mol. The molecule has 19 heavy (non-hydrogen) atoms. The minimum atomic E-state index is -1.26. The van der Waals surface area contributed by atoms with Crippen LogP contribution in [0.4, 0.5) is 5.69 Å². The van der Waals surface area contributed by atoms with Crippen molar-refractivity contribution in [2.75, 3.05) is 0 Å². The van der Waals surface area contributed by atoms with Crippen LogP contribution in [-0.4, -0.2) is 15.2 Å². The van der Waals surface area contributed by atoms with Crippen molar-refractivity contribution in [2.24, 2.45) is 0 Å². The van der Waals surface area contributed by atoms with Crippen LogP contribution in [-0.2, 0) is 0 Å². The zero-order chi connectivity index (χ0) is 13.0. The fraction of sp³-hybridized carbons (Fsp3) is 0. The van der Waals surface area contributed by atoms with Gasteiger partial charge in [0.15, 0.2) is 0 Å². The van der Waals surface area contributed by atoms with Crippen LogP contribution < -0.4 is 44.5 Å². The molecule has 0 bridgehead atoms. The molecule has 0 amide bonds. The number of nitrogens with zero attached hydrogens (tertiary/aromatic N) is 5. The molecule has 3 aromatic rings. The maximum absolute atomic E-state index is 11.7. The number of benzene rings is 1. The molecule has 2 heterocycles. The topological polar surface area (TPSA) is 172 Å². The van der Waals surface area contributed by atoms with Crippen LogP contribution in [0.25, 0.3) is 22.1 Å². The van der Waals surface area contributed by atoms with Crippen LogP contribution in [0.5, 0.6) is 5.75 Å². The van der Waals surface area contributed by atoms with Gasteiger partial charge in [-0.25, -0.2) is 0 Å². The van der Waals surface area contributed by atoms with Crippen LogP contribution in [0.2, 0.25) is 0 Å². The van der Waals surface area contributed by atoms with Crippen molar-refractivity contribution in [1.29, 1.82) is 0 Å². The van der Waals surface area contributed by atoms with Crippen LogP contribution in [0, 0.1) is 20.5 Å². The molecule has 3 rings (SSSR count). The van der Waals surface area contributed by atoms with Crippen molar-refractivity contribution in [2.45, 2.75) is 0 Å². The van der Waals surface area contributed by atoms with Crippen LogP contribution in [0.15, 0.2) is 9.26 Å². The van der Waals surface area contributed by atoms with Crippen molar-refractivity contribution in [1.82, 2.24) is 10.3 Å². The number of nitro groups is 1. The van der Waals surface area contributed by atoms with Gasteiger partial charge in [-0.1, -0.05) is 0 Å². The number of aromatic nitrogens is 4. The molecule has 13 heteroatoms. The molecule has 0 fully saturated rings. The summed E-state index contributed by atoms with van der Waals surface area (Å²) in [5.74, 6) is -1.26. The Morgan fingerprint density at radius 3 is 2.16 bits per heavy atom. The summed E-state index contributed by atoms with van der Waals surface area (Å²) in [6.45, 7) is 0. The molecule has 0 N–H and O–H groups in total. The molecule has 0 saturated carbocycles. The molecule has 0 unspecified atom stereocenters. The summed E-state index contributed by atoms with van der Waals surface area (Å²) in [5.41, 5.74) is -3.38. The zero-order valence-corrected chi connectivity index (χ0v) is 11.1. The van der Waals surface area contributed by atoms with E-state index in [4.69, 9.17) is 0 Å². The Labute approximate surface area is 123 Å². The minimum Gasteiger partial charge on any atom is -0.865 e. The second-order valence-corrected chi connectivity index (χ2v) is 3.19. The summed E-state index contributed by atoms with van der Waals surface area (Å²) in [7, 11) is 0. The first kappa shape index (κ1) is 13.3. The average Bonchev–Trinajstić information content (AvgIpc) is 2.83. The Morgan fingerprint density at radius 1 is 1.05 bits per heavy atom. The van der Waals surface area contributed by atoms with Gasteiger partial charge in [0.2, 0.25) is 5.52 Å². The van der Waals surface area contributed by atoms with Crippen molar-refractivity contribution in [3.05, 3.63) is 20.5 Å². The Morgan fingerprint density at radius 2 is 1.58 bits per heavy atom. The molecule has 0 atom stereocenters. The van der Waals surface area contributed by atoms with Gasteiger partial charge in [-0.2, -0.15) is 0 Å². The van der Waals surface area contributed by atoms with Crippen molar-refractivity contribution >= 4 is 27.8 Å². The fourth-order valence-corrected chi connectivity index (χ4v) is 1.59. The number of hydrogen-bond donors (Lipinski definition) is 0. The van der Waals surface area contributed by atoms with E-state index in [9.17, 15) is 25.6 Å². The van der Waals surface area contributed by atoms with Gasteiger partial charge in [-0.3, -0.25) is 19.4 Å². The van der Waals surface area contributed by atoms with Crippen molar-refractivity contribution in [3.8, 4) is 5.75 Å².